The third-order valence-electron chi connectivity index (χ3n) is 14.5. The van der Waals surface area contributed by atoms with Gasteiger partial charge in [0.25, 0.3) is 0 Å². The molecule has 0 radical (unpaired) electrons. The summed E-state index contributed by atoms with van der Waals surface area (Å²) in [6.07, 6.45) is 19.7. The molecule has 1 nitrogen and oxygen atoms in total. The van der Waals surface area contributed by atoms with Gasteiger partial charge in [0.15, 0.2) is 0 Å². The Morgan fingerprint density at radius 2 is 1.25 bits per heavy atom. The van der Waals surface area contributed by atoms with Gasteiger partial charge in [0.05, 0.1) is 5.52 Å². The summed E-state index contributed by atoms with van der Waals surface area (Å²) >= 11 is 1.94. The standard InChI is InChI=1S/C66H53NS/c1-4-6-7-8-9-23-51-52-25-14-16-29-56(52)65(57-30-17-15-26-53(51)57)44-32-36-48(37-33-44)67-62-38-34-45(43(3)66-58(20-5-2)55-28-18-19-31-64(55)68-66)40-60(62)61-42-47(35-39-63(61)67)59-41-46-21-10-11-22-49(46)50-24-12-13-27-54(50)59/h5-22,24-34,36-38,40-43H,4,23,35,39H2,1-3H3/b7-6-,9-8-,20-5-. The number of benzene rings is 9. The van der Waals surface area contributed by atoms with Crippen LogP contribution in [-0.4, -0.2) is 4.57 Å². The Labute approximate surface area is 403 Å². The quantitative estimate of drug-likeness (QED) is 0.0732. The van der Waals surface area contributed by atoms with Gasteiger partial charge < -0.3 is 4.57 Å². The van der Waals surface area contributed by atoms with Crippen LogP contribution in [0.2, 0.25) is 0 Å². The molecule has 2 heteroatoms. The van der Waals surface area contributed by atoms with Crippen LogP contribution in [0.3, 0.4) is 0 Å². The molecular weight excluding hydrogens is 839 g/mol. The molecule has 1 aliphatic carbocycles. The van der Waals surface area contributed by atoms with Crippen molar-refractivity contribution in [2.75, 3.05) is 0 Å². The number of fused-ring (bicyclic) bond motifs is 9. The first kappa shape index (κ1) is 41.9. The summed E-state index contributed by atoms with van der Waals surface area (Å²) in [5, 5.41) is 13.1. The molecule has 1 atom stereocenters. The van der Waals surface area contributed by atoms with E-state index in [0.29, 0.717) is 0 Å². The van der Waals surface area contributed by atoms with E-state index in [2.05, 4.69) is 238 Å². The van der Waals surface area contributed by atoms with Crippen LogP contribution in [-0.2, 0) is 12.8 Å². The van der Waals surface area contributed by atoms with Gasteiger partial charge in [0.1, 0.15) is 0 Å². The Hall–Kier alpha value is -7.52. The molecule has 1 unspecified atom stereocenters. The highest BCUT2D eigenvalue weighted by Gasteiger charge is 2.26. The maximum atomic E-state index is 2.57. The maximum absolute atomic E-state index is 2.57. The molecular formula is C66H53NS. The van der Waals surface area contributed by atoms with Gasteiger partial charge in [-0.05, 0) is 163 Å². The van der Waals surface area contributed by atoms with Crippen LogP contribution in [0.4, 0.5) is 0 Å². The Bertz CT molecular complexity index is 3830. The zero-order chi connectivity index (χ0) is 45.7. The van der Waals surface area contributed by atoms with Crippen molar-refractivity contribution in [3.8, 4) is 16.8 Å². The molecule has 0 amide bonds. The van der Waals surface area contributed by atoms with E-state index in [-0.39, 0.29) is 5.92 Å². The molecule has 0 saturated carbocycles. The summed E-state index contributed by atoms with van der Waals surface area (Å²) in [5.74, 6) is 0.225. The Morgan fingerprint density at radius 1 is 0.603 bits per heavy atom. The third-order valence-corrected chi connectivity index (χ3v) is 15.9. The van der Waals surface area contributed by atoms with E-state index in [0.717, 1.165) is 25.7 Å². The Kier molecular flexibility index (Phi) is 10.8. The molecule has 2 heterocycles. The number of hydrogen-bond acceptors (Lipinski definition) is 1. The average molecular weight is 892 g/mol. The van der Waals surface area contributed by atoms with E-state index in [1.165, 1.54) is 125 Å². The fourth-order valence-electron chi connectivity index (χ4n) is 11.3. The van der Waals surface area contributed by atoms with Crippen molar-refractivity contribution in [1.82, 2.24) is 4.57 Å². The highest BCUT2D eigenvalue weighted by atomic mass is 32.1. The maximum Gasteiger partial charge on any atom is 0.0537 e. The van der Waals surface area contributed by atoms with E-state index >= 15 is 0 Å². The Morgan fingerprint density at radius 3 is 1.99 bits per heavy atom. The first-order valence-electron chi connectivity index (χ1n) is 24.4. The lowest BCUT2D eigenvalue weighted by atomic mass is 9.86. The van der Waals surface area contributed by atoms with Crippen molar-refractivity contribution < 1.29 is 0 Å². The van der Waals surface area contributed by atoms with Gasteiger partial charge in [-0.15, -0.1) is 11.3 Å². The summed E-state index contributed by atoms with van der Waals surface area (Å²) in [5.41, 5.74) is 14.5. The molecule has 2 aromatic heterocycles. The lowest BCUT2D eigenvalue weighted by molar-refractivity contribution is 0.898. The van der Waals surface area contributed by atoms with Crippen LogP contribution in [0.25, 0.3) is 98.6 Å². The van der Waals surface area contributed by atoms with Gasteiger partial charge in [-0.1, -0.05) is 184 Å². The minimum Gasteiger partial charge on any atom is -0.313 e. The first-order valence-corrected chi connectivity index (χ1v) is 25.2. The molecule has 12 rings (SSSR count). The van der Waals surface area contributed by atoms with E-state index in [9.17, 15) is 0 Å². The fraction of sp³-hybridized carbons (Fsp3) is 0.121. The molecule has 0 spiro atoms. The minimum atomic E-state index is 0.225. The molecule has 0 bridgehead atoms. The summed E-state index contributed by atoms with van der Waals surface area (Å²) in [4.78, 5) is 1.42. The monoisotopic (exact) mass is 891 g/mol. The molecule has 9 aromatic carbocycles. The SMILES string of the molecule is C/C=C\c1c(C(C)c2ccc3c(c2)c2c(n3-c3ccc(-c4c5ccccc5c(C/C=C\C=C/CC)c5ccccc45)cc3)CCC(c3cc4ccccc4c4ccccc34)=C2)sc2ccccc12. The van der Waals surface area contributed by atoms with Gasteiger partial charge in [-0.3, -0.25) is 0 Å². The highest BCUT2D eigenvalue weighted by Crippen LogP contribution is 2.46. The van der Waals surface area contributed by atoms with Gasteiger partial charge in [-0.2, -0.15) is 0 Å². The molecule has 1 aliphatic rings. The van der Waals surface area contributed by atoms with Gasteiger partial charge in [-0.25, -0.2) is 0 Å². The minimum absolute atomic E-state index is 0.225. The average Bonchev–Trinajstić information content (AvgIpc) is 3.93. The number of rotatable bonds is 10. The van der Waals surface area contributed by atoms with E-state index in [1.54, 1.807) is 0 Å². The Balaban J connectivity index is 1.02. The van der Waals surface area contributed by atoms with E-state index in [4.69, 9.17) is 0 Å². The molecule has 0 fully saturated rings. The number of thiophene rings is 1. The van der Waals surface area contributed by atoms with Crippen LogP contribution in [0.1, 0.15) is 77.9 Å². The van der Waals surface area contributed by atoms with Gasteiger partial charge >= 0.3 is 0 Å². The zero-order valence-electron chi connectivity index (χ0n) is 39.0. The van der Waals surface area contributed by atoms with Crippen molar-refractivity contribution in [2.24, 2.45) is 0 Å². The van der Waals surface area contributed by atoms with Crippen LogP contribution in [0.15, 0.2) is 200 Å². The highest BCUT2D eigenvalue weighted by molar-refractivity contribution is 7.19. The topological polar surface area (TPSA) is 4.93 Å². The summed E-state index contributed by atoms with van der Waals surface area (Å²) in [6, 6.07) is 63.9. The second kappa shape index (κ2) is 17.6. The van der Waals surface area contributed by atoms with Crippen molar-refractivity contribution in [1.29, 1.82) is 0 Å². The zero-order valence-corrected chi connectivity index (χ0v) is 39.8. The van der Waals surface area contributed by atoms with Crippen LogP contribution in [0, 0.1) is 0 Å². The third kappa shape index (κ3) is 7.06. The number of nitrogens with zero attached hydrogens (tertiary/aromatic N) is 1. The number of hydrogen-bond donors (Lipinski definition) is 0. The lowest BCUT2D eigenvalue weighted by Gasteiger charge is -2.20. The first-order chi connectivity index (χ1) is 33.6. The molecule has 68 heavy (non-hydrogen) atoms. The summed E-state index contributed by atoms with van der Waals surface area (Å²) in [7, 11) is 0. The number of aromatic nitrogens is 1. The van der Waals surface area contributed by atoms with Crippen molar-refractivity contribution >= 4 is 93.1 Å². The molecule has 0 aliphatic heterocycles. The predicted octanol–water partition coefficient (Wildman–Crippen LogP) is 18.9. The lowest BCUT2D eigenvalue weighted by Crippen LogP contribution is -2.05. The van der Waals surface area contributed by atoms with Gasteiger partial charge in [0, 0.05) is 37.8 Å². The van der Waals surface area contributed by atoms with Crippen molar-refractivity contribution in [2.45, 2.75) is 52.4 Å². The van der Waals surface area contributed by atoms with Crippen LogP contribution in [0.5, 0.6) is 0 Å². The summed E-state index contributed by atoms with van der Waals surface area (Å²) < 4.78 is 3.91. The number of allylic oxidation sites excluding steroid dienone is 6. The largest absolute Gasteiger partial charge is 0.313 e. The smallest absolute Gasteiger partial charge is 0.0537 e. The second-order valence-electron chi connectivity index (χ2n) is 18.4. The van der Waals surface area contributed by atoms with Crippen molar-refractivity contribution in [3.63, 3.8) is 0 Å². The predicted molar refractivity (Wildman–Crippen MR) is 298 cm³/mol. The molecule has 328 valence electrons. The molecule has 11 aromatic rings. The molecule has 0 saturated heterocycles. The summed E-state index contributed by atoms with van der Waals surface area (Å²) in [6.45, 7) is 6.70. The van der Waals surface area contributed by atoms with E-state index < -0.39 is 0 Å². The van der Waals surface area contributed by atoms with E-state index in [1.807, 2.05) is 11.3 Å². The second-order valence-corrected chi connectivity index (χ2v) is 19.5. The molecule has 0 N–H and O–H groups in total. The normalized spacial score (nSPS) is 13.7. The van der Waals surface area contributed by atoms with Crippen molar-refractivity contribution in [3.05, 3.63) is 239 Å². The fourth-order valence-corrected chi connectivity index (χ4v) is 12.6. The van der Waals surface area contributed by atoms with Gasteiger partial charge in [0.2, 0.25) is 0 Å². The van der Waals surface area contributed by atoms with Crippen LogP contribution >= 0.6 is 11.3 Å². The van der Waals surface area contributed by atoms with Crippen LogP contribution < -0.4 is 0 Å².